The fourth-order valence-corrected chi connectivity index (χ4v) is 1.94. The highest BCUT2D eigenvalue weighted by Gasteiger charge is 2.23. The van der Waals surface area contributed by atoms with E-state index in [1.165, 1.54) is 0 Å². The van der Waals surface area contributed by atoms with Crippen molar-refractivity contribution < 1.29 is 9.59 Å². The molecule has 2 amide bonds. The number of hydrogen-bond donors (Lipinski definition) is 5. The fourth-order valence-electron chi connectivity index (χ4n) is 1.94. The SMILES string of the molecule is N=C1NC(=O)CN1CCNCCN1CC(=O)NC1=N. The minimum atomic E-state index is -0.153. The van der Waals surface area contributed by atoms with Gasteiger partial charge in [-0.15, -0.1) is 0 Å². The predicted molar refractivity (Wildman–Crippen MR) is 67.8 cm³/mol. The molecule has 9 nitrogen and oxygen atoms in total. The minimum Gasteiger partial charge on any atom is -0.332 e. The Morgan fingerprint density at radius 2 is 1.37 bits per heavy atom. The van der Waals surface area contributed by atoms with E-state index in [1.54, 1.807) is 9.80 Å². The molecule has 9 heteroatoms. The van der Waals surface area contributed by atoms with Crippen LogP contribution in [0.5, 0.6) is 0 Å². The van der Waals surface area contributed by atoms with Crippen LogP contribution in [0.3, 0.4) is 0 Å². The summed E-state index contributed by atoms with van der Waals surface area (Å²) < 4.78 is 0. The van der Waals surface area contributed by atoms with Crippen LogP contribution in [0.4, 0.5) is 0 Å². The second-order valence-corrected chi connectivity index (χ2v) is 4.39. The molecule has 0 spiro atoms. The summed E-state index contributed by atoms with van der Waals surface area (Å²) in [5, 5.41) is 23.0. The summed E-state index contributed by atoms with van der Waals surface area (Å²) in [6.07, 6.45) is 0. The van der Waals surface area contributed by atoms with Crippen LogP contribution < -0.4 is 16.0 Å². The third-order valence-corrected chi connectivity index (χ3v) is 2.93. The third-order valence-electron chi connectivity index (χ3n) is 2.93. The Balaban J connectivity index is 1.58. The zero-order valence-corrected chi connectivity index (χ0v) is 10.5. The molecule has 0 atom stereocenters. The molecule has 2 saturated heterocycles. The molecule has 0 bridgehead atoms. The van der Waals surface area contributed by atoms with Crippen LogP contribution in [-0.2, 0) is 9.59 Å². The smallest absolute Gasteiger partial charge is 0.246 e. The number of hydrogen-bond acceptors (Lipinski definition) is 5. The first-order valence-electron chi connectivity index (χ1n) is 6.03. The molecule has 104 valence electrons. The van der Waals surface area contributed by atoms with Gasteiger partial charge in [-0.2, -0.15) is 0 Å². The van der Waals surface area contributed by atoms with E-state index in [2.05, 4.69) is 16.0 Å². The molecule has 2 fully saturated rings. The Bertz CT molecular complexity index is 384. The van der Waals surface area contributed by atoms with Gasteiger partial charge in [0.2, 0.25) is 11.8 Å². The Labute approximate surface area is 110 Å². The first kappa shape index (κ1) is 13.3. The van der Waals surface area contributed by atoms with E-state index in [-0.39, 0.29) is 36.8 Å². The van der Waals surface area contributed by atoms with Crippen molar-refractivity contribution in [1.29, 1.82) is 10.8 Å². The highest BCUT2D eigenvalue weighted by atomic mass is 16.2. The summed E-state index contributed by atoms with van der Waals surface area (Å²) >= 11 is 0. The standard InChI is InChI=1S/C10H17N7O2/c11-9-14-7(18)5-16(9)3-1-13-2-4-17-6-8(19)15-10(17)12/h13H,1-6H2,(H2,11,14,18)(H2,12,15,19). The van der Waals surface area contributed by atoms with E-state index in [0.717, 1.165) is 0 Å². The summed E-state index contributed by atoms with van der Waals surface area (Å²) in [6, 6.07) is 0. The summed E-state index contributed by atoms with van der Waals surface area (Å²) in [4.78, 5) is 25.3. The van der Waals surface area contributed by atoms with Gasteiger partial charge in [0.1, 0.15) is 13.1 Å². The quantitative estimate of drug-likeness (QED) is 0.335. The second-order valence-electron chi connectivity index (χ2n) is 4.39. The second kappa shape index (κ2) is 5.65. The molecule has 19 heavy (non-hydrogen) atoms. The van der Waals surface area contributed by atoms with Gasteiger partial charge in [-0.1, -0.05) is 0 Å². The first-order chi connectivity index (χ1) is 9.06. The Hall–Kier alpha value is -2.16. The molecule has 5 N–H and O–H groups in total. The van der Waals surface area contributed by atoms with Gasteiger partial charge in [0.05, 0.1) is 0 Å². The van der Waals surface area contributed by atoms with Crippen LogP contribution in [0, 0.1) is 10.8 Å². The molecule has 0 radical (unpaired) electrons. The van der Waals surface area contributed by atoms with Gasteiger partial charge in [-0.05, 0) is 0 Å². The zero-order valence-electron chi connectivity index (χ0n) is 10.5. The normalized spacial score (nSPS) is 19.2. The molecule has 0 saturated carbocycles. The zero-order chi connectivity index (χ0) is 13.8. The van der Waals surface area contributed by atoms with E-state index in [4.69, 9.17) is 10.8 Å². The van der Waals surface area contributed by atoms with E-state index in [9.17, 15) is 9.59 Å². The highest BCUT2D eigenvalue weighted by Crippen LogP contribution is 1.96. The number of rotatable bonds is 6. The Morgan fingerprint density at radius 3 is 1.68 bits per heavy atom. The molecule has 0 aromatic carbocycles. The van der Waals surface area contributed by atoms with Crippen LogP contribution in [0.15, 0.2) is 0 Å². The van der Waals surface area contributed by atoms with Crippen LogP contribution >= 0.6 is 0 Å². The van der Waals surface area contributed by atoms with Gasteiger partial charge in [0.25, 0.3) is 0 Å². The maximum Gasteiger partial charge on any atom is 0.246 e. The van der Waals surface area contributed by atoms with Gasteiger partial charge in [-0.25, -0.2) is 0 Å². The number of guanidine groups is 2. The van der Waals surface area contributed by atoms with E-state index in [0.29, 0.717) is 26.2 Å². The summed E-state index contributed by atoms with van der Waals surface area (Å²) in [6.45, 7) is 2.89. The van der Waals surface area contributed by atoms with Crippen molar-refractivity contribution in [2.24, 2.45) is 0 Å². The van der Waals surface area contributed by atoms with Gasteiger partial charge < -0.3 is 15.1 Å². The lowest BCUT2D eigenvalue weighted by Crippen LogP contribution is -2.39. The lowest BCUT2D eigenvalue weighted by molar-refractivity contribution is -0.119. The molecular formula is C10H17N7O2. The van der Waals surface area contributed by atoms with Gasteiger partial charge >= 0.3 is 0 Å². The van der Waals surface area contributed by atoms with Crippen LogP contribution in [0.25, 0.3) is 0 Å². The highest BCUT2D eigenvalue weighted by molar-refractivity contribution is 6.03. The van der Waals surface area contributed by atoms with Crippen LogP contribution in [-0.4, -0.2) is 72.8 Å². The monoisotopic (exact) mass is 267 g/mol. The van der Waals surface area contributed by atoms with Crippen molar-refractivity contribution in [2.45, 2.75) is 0 Å². The molecule has 0 aliphatic carbocycles. The van der Waals surface area contributed by atoms with Crippen molar-refractivity contribution in [3.8, 4) is 0 Å². The predicted octanol–water partition coefficient (Wildman–Crippen LogP) is -2.69. The number of nitrogens with one attached hydrogen (secondary N) is 5. The Morgan fingerprint density at radius 1 is 0.947 bits per heavy atom. The van der Waals surface area contributed by atoms with Crippen molar-refractivity contribution >= 4 is 23.7 Å². The maximum atomic E-state index is 11.0. The first-order valence-corrected chi connectivity index (χ1v) is 6.03. The summed E-state index contributed by atoms with van der Waals surface area (Å²) in [7, 11) is 0. The van der Waals surface area contributed by atoms with Crippen LogP contribution in [0.2, 0.25) is 0 Å². The van der Waals surface area contributed by atoms with E-state index < -0.39 is 0 Å². The summed E-state index contributed by atoms with van der Waals surface area (Å²) in [5.41, 5.74) is 0. The number of amides is 2. The van der Waals surface area contributed by atoms with Gasteiger partial charge in [0, 0.05) is 26.2 Å². The average molecular weight is 267 g/mol. The molecule has 0 unspecified atom stereocenters. The number of nitrogens with zero attached hydrogens (tertiary/aromatic N) is 2. The van der Waals surface area contributed by atoms with Crippen LogP contribution in [0.1, 0.15) is 0 Å². The van der Waals surface area contributed by atoms with E-state index in [1.807, 2.05) is 0 Å². The van der Waals surface area contributed by atoms with Crippen molar-refractivity contribution in [3.63, 3.8) is 0 Å². The van der Waals surface area contributed by atoms with Gasteiger partial charge in [-0.3, -0.25) is 31.0 Å². The molecule has 0 aromatic rings. The number of carbonyl (C=O) groups is 2. The molecule has 2 aliphatic rings. The topological polar surface area (TPSA) is 124 Å². The maximum absolute atomic E-state index is 11.0. The average Bonchev–Trinajstić information content (AvgIpc) is 2.81. The minimum absolute atomic E-state index is 0.142. The van der Waals surface area contributed by atoms with Gasteiger partial charge in [0.15, 0.2) is 11.9 Å². The van der Waals surface area contributed by atoms with Crippen molar-refractivity contribution in [3.05, 3.63) is 0 Å². The lowest BCUT2D eigenvalue weighted by Gasteiger charge is -2.18. The fraction of sp³-hybridized carbons (Fsp3) is 0.600. The largest absolute Gasteiger partial charge is 0.332 e. The van der Waals surface area contributed by atoms with Crippen molar-refractivity contribution in [1.82, 2.24) is 25.8 Å². The van der Waals surface area contributed by atoms with E-state index >= 15 is 0 Å². The molecular weight excluding hydrogens is 250 g/mol. The molecule has 2 aliphatic heterocycles. The molecule has 0 aromatic heterocycles. The molecule has 2 rings (SSSR count). The third kappa shape index (κ3) is 3.41. The molecule has 2 heterocycles. The Kier molecular flexibility index (Phi) is 3.95. The van der Waals surface area contributed by atoms with Crippen molar-refractivity contribution in [2.75, 3.05) is 39.3 Å². The summed E-state index contributed by atoms with van der Waals surface area (Å²) in [5.74, 6) is -0.0222. The number of carbonyl (C=O) groups excluding carboxylic acids is 2. The lowest BCUT2D eigenvalue weighted by atomic mass is 10.4.